The third-order valence-corrected chi connectivity index (χ3v) is 4.37. The fourth-order valence-electron chi connectivity index (χ4n) is 2.52. The lowest BCUT2D eigenvalue weighted by Crippen LogP contribution is -2.42. The van der Waals surface area contributed by atoms with E-state index in [4.69, 9.17) is 16.3 Å². The number of hydrogen-bond donors (Lipinski definition) is 0. The van der Waals surface area contributed by atoms with Crippen molar-refractivity contribution < 1.29 is 4.74 Å². The molecule has 1 aliphatic heterocycles. The van der Waals surface area contributed by atoms with Gasteiger partial charge in [-0.25, -0.2) is 0 Å². The second-order valence-electron chi connectivity index (χ2n) is 5.03. The van der Waals surface area contributed by atoms with Gasteiger partial charge >= 0.3 is 0 Å². The lowest BCUT2D eigenvalue weighted by Gasteiger charge is -2.36. The molecule has 2 aromatic rings. The molecule has 0 aliphatic carbocycles. The first-order chi connectivity index (χ1) is 9.72. The molecule has 2 atom stereocenters. The Labute approximate surface area is 127 Å². The zero-order valence-corrected chi connectivity index (χ0v) is 12.8. The molecular weight excluding hydrogens is 294 g/mol. The third kappa shape index (κ3) is 3.17. The molecule has 20 heavy (non-hydrogen) atoms. The van der Waals surface area contributed by atoms with Crippen LogP contribution in [0.1, 0.15) is 24.3 Å². The standard InChI is InChI=1S/C14H16ClN3OS/c1-10-7-18(8-12-14(15)20-17-16-12)9-13(19-10)11-5-3-2-4-6-11/h2-6,10,13H,7-9H2,1H3. The summed E-state index contributed by atoms with van der Waals surface area (Å²) in [6, 6.07) is 10.3. The highest BCUT2D eigenvalue weighted by molar-refractivity contribution is 7.10. The molecule has 2 unspecified atom stereocenters. The highest BCUT2D eigenvalue weighted by atomic mass is 35.5. The highest BCUT2D eigenvalue weighted by Gasteiger charge is 2.27. The Hall–Kier alpha value is -1.01. The minimum absolute atomic E-state index is 0.102. The molecule has 0 N–H and O–H groups in total. The zero-order chi connectivity index (χ0) is 13.9. The van der Waals surface area contributed by atoms with Gasteiger partial charge in [0.25, 0.3) is 0 Å². The maximum absolute atomic E-state index is 6.08. The van der Waals surface area contributed by atoms with E-state index in [2.05, 4.69) is 33.5 Å². The first-order valence-corrected chi connectivity index (χ1v) is 7.77. The second-order valence-corrected chi connectivity index (χ2v) is 6.39. The van der Waals surface area contributed by atoms with Crippen molar-refractivity contribution in [1.29, 1.82) is 0 Å². The van der Waals surface area contributed by atoms with Gasteiger partial charge in [-0.05, 0) is 12.5 Å². The number of benzene rings is 1. The number of halogens is 1. The molecule has 0 saturated carbocycles. The van der Waals surface area contributed by atoms with Crippen molar-refractivity contribution in [3.8, 4) is 0 Å². The van der Waals surface area contributed by atoms with Crippen LogP contribution in [-0.4, -0.2) is 33.7 Å². The van der Waals surface area contributed by atoms with E-state index in [1.165, 1.54) is 17.1 Å². The molecule has 1 aliphatic rings. The number of ether oxygens (including phenoxy) is 1. The van der Waals surface area contributed by atoms with E-state index in [9.17, 15) is 0 Å². The van der Waals surface area contributed by atoms with E-state index in [1.54, 1.807) is 0 Å². The predicted molar refractivity (Wildman–Crippen MR) is 79.9 cm³/mol. The Bertz CT molecular complexity index is 563. The maximum Gasteiger partial charge on any atom is 0.138 e. The average molecular weight is 310 g/mol. The lowest BCUT2D eigenvalue weighted by molar-refractivity contribution is -0.0816. The molecule has 6 heteroatoms. The van der Waals surface area contributed by atoms with Gasteiger partial charge in [0.05, 0.1) is 12.2 Å². The first-order valence-electron chi connectivity index (χ1n) is 6.62. The van der Waals surface area contributed by atoms with Crippen molar-refractivity contribution in [1.82, 2.24) is 14.5 Å². The van der Waals surface area contributed by atoms with Gasteiger partial charge in [-0.1, -0.05) is 46.4 Å². The summed E-state index contributed by atoms with van der Waals surface area (Å²) in [6.45, 7) is 4.56. The Balaban J connectivity index is 1.72. The van der Waals surface area contributed by atoms with E-state index in [0.717, 1.165) is 25.3 Å². The SMILES string of the molecule is CC1CN(Cc2nnsc2Cl)CC(c2ccccc2)O1. The van der Waals surface area contributed by atoms with E-state index in [-0.39, 0.29) is 12.2 Å². The Morgan fingerprint density at radius 2 is 2.15 bits per heavy atom. The van der Waals surface area contributed by atoms with Crippen LogP contribution in [0.25, 0.3) is 0 Å². The molecule has 4 nitrogen and oxygen atoms in total. The molecular formula is C14H16ClN3OS. The summed E-state index contributed by atoms with van der Waals surface area (Å²) in [6.07, 6.45) is 0.296. The Kier molecular flexibility index (Phi) is 4.31. The number of morpholine rings is 1. The summed E-state index contributed by atoms with van der Waals surface area (Å²) >= 11 is 7.32. The average Bonchev–Trinajstić information content (AvgIpc) is 2.85. The predicted octanol–water partition coefficient (Wildman–Crippen LogP) is 3.15. The summed E-state index contributed by atoms with van der Waals surface area (Å²) in [4.78, 5) is 2.33. The van der Waals surface area contributed by atoms with Crippen LogP contribution in [0.2, 0.25) is 4.34 Å². The van der Waals surface area contributed by atoms with Gasteiger partial charge in [0.15, 0.2) is 0 Å². The van der Waals surface area contributed by atoms with Gasteiger partial charge in [-0.15, -0.1) is 5.10 Å². The van der Waals surface area contributed by atoms with Crippen LogP contribution in [0, 0.1) is 0 Å². The molecule has 3 rings (SSSR count). The summed E-state index contributed by atoms with van der Waals surface area (Å²) in [5, 5.41) is 4.09. The minimum Gasteiger partial charge on any atom is -0.368 e. The maximum atomic E-state index is 6.08. The van der Waals surface area contributed by atoms with E-state index in [0.29, 0.717) is 4.34 Å². The fraction of sp³-hybridized carbons (Fsp3) is 0.429. The number of hydrogen-bond acceptors (Lipinski definition) is 5. The summed E-state index contributed by atoms with van der Waals surface area (Å²) in [7, 11) is 0. The Morgan fingerprint density at radius 3 is 2.85 bits per heavy atom. The molecule has 0 bridgehead atoms. The minimum atomic E-state index is 0.102. The smallest absolute Gasteiger partial charge is 0.138 e. The van der Waals surface area contributed by atoms with Crippen molar-refractivity contribution in [3.05, 3.63) is 45.9 Å². The molecule has 0 radical (unpaired) electrons. The van der Waals surface area contributed by atoms with Crippen molar-refractivity contribution in [2.75, 3.05) is 13.1 Å². The molecule has 106 valence electrons. The van der Waals surface area contributed by atoms with E-state index < -0.39 is 0 Å². The molecule has 1 saturated heterocycles. The molecule has 0 spiro atoms. The molecule has 2 heterocycles. The number of nitrogens with zero attached hydrogens (tertiary/aromatic N) is 3. The third-order valence-electron chi connectivity index (χ3n) is 3.39. The van der Waals surface area contributed by atoms with Crippen LogP contribution < -0.4 is 0 Å². The summed E-state index contributed by atoms with van der Waals surface area (Å²) in [5.41, 5.74) is 2.07. The van der Waals surface area contributed by atoms with E-state index >= 15 is 0 Å². The van der Waals surface area contributed by atoms with Crippen LogP contribution in [0.5, 0.6) is 0 Å². The number of rotatable bonds is 3. The van der Waals surface area contributed by atoms with Gasteiger partial charge in [0.2, 0.25) is 0 Å². The summed E-state index contributed by atoms with van der Waals surface area (Å²) in [5.74, 6) is 0. The van der Waals surface area contributed by atoms with Crippen LogP contribution >= 0.6 is 23.1 Å². The van der Waals surface area contributed by atoms with Crippen molar-refractivity contribution in [2.45, 2.75) is 25.7 Å². The quantitative estimate of drug-likeness (QED) is 0.873. The van der Waals surface area contributed by atoms with Gasteiger partial charge in [-0.3, -0.25) is 4.90 Å². The highest BCUT2D eigenvalue weighted by Crippen LogP contribution is 2.27. The fourth-order valence-corrected chi connectivity index (χ4v) is 3.13. The summed E-state index contributed by atoms with van der Waals surface area (Å²) < 4.78 is 10.6. The molecule has 1 aromatic heterocycles. The number of aromatic nitrogens is 2. The first kappa shape index (κ1) is 13.9. The van der Waals surface area contributed by atoms with Gasteiger partial charge in [0, 0.05) is 31.2 Å². The molecule has 1 fully saturated rings. The van der Waals surface area contributed by atoms with Crippen LogP contribution in [0.15, 0.2) is 30.3 Å². The lowest BCUT2D eigenvalue weighted by atomic mass is 10.1. The topological polar surface area (TPSA) is 38.2 Å². The zero-order valence-electron chi connectivity index (χ0n) is 11.2. The van der Waals surface area contributed by atoms with Crippen molar-refractivity contribution in [3.63, 3.8) is 0 Å². The molecule has 0 amide bonds. The monoisotopic (exact) mass is 309 g/mol. The van der Waals surface area contributed by atoms with Crippen LogP contribution in [0.4, 0.5) is 0 Å². The second kappa shape index (κ2) is 6.18. The van der Waals surface area contributed by atoms with Crippen LogP contribution in [0.3, 0.4) is 0 Å². The largest absolute Gasteiger partial charge is 0.368 e. The van der Waals surface area contributed by atoms with Gasteiger partial charge in [-0.2, -0.15) is 0 Å². The van der Waals surface area contributed by atoms with Gasteiger partial charge < -0.3 is 4.74 Å². The van der Waals surface area contributed by atoms with Crippen LogP contribution in [-0.2, 0) is 11.3 Å². The van der Waals surface area contributed by atoms with Crippen molar-refractivity contribution in [2.24, 2.45) is 0 Å². The Morgan fingerprint density at radius 1 is 1.35 bits per heavy atom. The molecule has 1 aromatic carbocycles. The van der Waals surface area contributed by atoms with Crippen molar-refractivity contribution >= 4 is 23.1 Å². The van der Waals surface area contributed by atoms with Gasteiger partial charge in [0.1, 0.15) is 10.0 Å². The van der Waals surface area contributed by atoms with E-state index in [1.807, 2.05) is 18.2 Å². The normalized spacial score (nSPS) is 23.9.